The molecule has 0 radical (unpaired) electrons. The molecule has 1 atom stereocenters. The number of hydrogen-bond donors (Lipinski definition) is 3. The first-order valence-corrected chi connectivity index (χ1v) is 12.0. The first-order valence-electron chi connectivity index (χ1n) is 12.0. The minimum Gasteiger partial charge on any atom is -0.497 e. The second-order valence-electron chi connectivity index (χ2n) is 9.25. The SMILES string of the molecule is COc1ccc(CNC(=O)c2ccc3[nH]c4c(c3c2)CCCC4NC2CCCCC2)cc1. The Kier molecular flexibility index (Phi) is 6.17. The molecule has 1 heterocycles. The molecule has 5 heteroatoms. The number of rotatable bonds is 6. The van der Waals surface area contributed by atoms with Gasteiger partial charge in [-0.1, -0.05) is 31.4 Å². The van der Waals surface area contributed by atoms with Gasteiger partial charge in [0.05, 0.1) is 7.11 Å². The second-order valence-corrected chi connectivity index (χ2v) is 9.25. The number of fused-ring (bicyclic) bond motifs is 3. The van der Waals surface area contributed by atoms with Gasteiger partial charge in [0.25, 0.3) is 5.91 Å². The molecule has 1 fully saturated rings. The molecule has 3 N–H and O–H groups in total. The van der Waals surface area contributed by atoms with E-state index in [4.69, 9.17) is 4.74 Å². The smallest absolute Gasteiger partial charge is 0.251 e. The van der Waals surface area contributed by atoms with Gasteiger partial charge >= 0.3 is 0 Å². The van der Waals surface area contributed by atoms with Crippen molar-refractivity contribution >= 4 is 16.8 Å². The Morgan fingerprint density at radius 1 is 1.03 bits per heavy atom. The molecule has 1 aromatic heterocycles. The molecule has 0 saturated heterocycles. The van der Waals surface area contributed by atoms with Crippen LogP contribution in [0.3, 0.4) is 0 Å². The van der Waals surface area contributed by atoms with E-state index in [1.165, 1.54) is 61.6 Å². The molecule has 32 heavy (non-hydrogen) atoms. The van der Waals surface area contributed by atoms with Gasteiger partial charge in [0.1, 0.15) is 5.75 Å². The number of aryl methyl sites for hydroxylation is 1. The van der Waals surface area contributed by atoms with E-state index in [9.17, 15) is 4.79 Å². The highest BCUT2D eigenvalue weighted by atomic mass is 16.5. The summed E-state index contributed by atoms with van der Waals surface area (Å²) in [6, 6.07) is 14.9. The largest absolute Gasteiger partial charge is 0.497 e. The molecule has 0 aliphatic heterocycles. The van der Waals surface area contributed by atoms with Crippen LogP contribution in [-0.2, 0) is 13.0 Å². The number of carbonyl (C=O) groups is 1. The Morgan fingerprint density at radius 2 is 1.84 bits per heavy atom. The van der Waals surface area contributed by atoms with Gasteiger partial charge in [-0.3, -0.25) is 4.79 Å². The number of methoxy groups -OCH3 is 1. The minimum absolute atomic E-state index is 0.0367. The summed E-state index contributed by atoms with van der Waals surface area (Å²) in [7, 11) is 1.65. The fourth-order valence-electron chi connectivity index (χ4n) is 5.35. The first-order chi connectivity index (χ1) is 15.7. The van der Waals surface area contributed by atoms with Gasteiger partial charge in [-0.2, -0.15) is 0 Å². The summed E-state index contributed by atoms with van der Waals surface area (Å²) in [5.74, 6) is 0.782. The topological polar surface area (TPSA) is 66.1 Å². The molecule has 2 aliphatic rings. The number of amides is 1. The predicted octanol–water partition coefficient (Wildman–Crippen LogP) is 5.41. The van der Waals surface area contributed by atoms with Gasteiger partial charge in [0, 0.05) is 40.8 Å². The van der Waals surface area contributed by atoms with Crippen LogP contribution in [-0.4, -0.2) is 24.0 Å². The van der Waals surface area contributed by atoms with Crippen LogP contribution in [0.2, 0.25) is 0 Å². The maximum Gasteiger partial charge on any atom is 0.251 e. The molecule has 1 amide bonds. The highest BCUT2D eigenvalue weighted by Gasteiger charge is 2.27. The van der Waals surface area contributed by atoms with Crippen molar-refractivity contribution in [3.05, 3.63) is 64.8 Å². The Balaban J connectivity index is 1.31. The summed E-state index contributed by atoms with van der Waals surface area (Å²) in [5, 5.41) is 8.19. The summed E-state index contributed by atoms with van der Waals surface area (Å²) in [6.45, 7) is 0.499. The normalized spacial score (nSPS) is 19.0. The van der Waals surface area contributed by atoms with Gasteiger partial charge in [-0.05, 0) is 73.6 Å². The Labute approximate surface area is 189 Å². The molecule has 5 nitrogen and oxygen atoms in total. The number of benzene rings is 2. The monoisotopic (exact) mass is 431 g/mol. The van der Waals surface area contributed by atoms with E-state index in [2.05, 4.69) is 27.8 Å². The molecule has 3 aromatic rings. The summed E-state index contributed by atoms with van der Waals surface area (Å²) < 4.78 is 5.20. The molecule has 5 rings (SSSR count). The number of hydrogen-bond acceptors (Lipinski definition) is 3. The fraction of sp³-hybridized carbons (Fsp3) is 0.444. The summed E-state index contributed by atoms with van der Waals surface area (Å²) in [5.41, 5.74) is 5.64. The molecule has 0 spiro atoms. The van der Waals surface area contributed by atoms with Crippen molar-refractivity contribution in [1.82, 2.24) is 15.6 Å². The third kappa shape index (κ3) is 4.40. The molecule has 0 bridgehead atoms. The lowest BCUT2D eigenvalue weighted by Gasteiger charge is -2.31. The first kappa shape index (κ1) is 21.1. The standard InChI is InChI=1S/C27H33N3O2/c1-32-21-13-10-18(11-14-21)17-28-27(31)19-12-15-24-23(16-19)22-8-5-9-25(26(22)30-24)29-20-6-3-2-4-7-20/h10-16,20,25,29-30H,2-9,17H2,1H3,(H,28,31). The van der Waals surface area contributed by atoms with E-state index in [0.29, 0.717) is 18.6 Å². The zero-order valence-electron chi connectivity index (χ0n) is 18.9. The van der Waals surface area contributed by atoms with Crippen molar-refractivity contribution in [2.45, 2.75) is 70.0 Å². The molecule has 1 saturated carbocycles. The Bertz CT molecular complexity index is 1080. The van der Waals surface area contributed by atoms with Crippen molar-refractivity contribution in [2.24, 2.45) is 0 Å². The van der Waals surface area contributed by atoms with Gasteiger partial charge in [0.2, 0.25) is 0 Å². The number of aromatic nitrogens is 1. The van der Waals surface area contributed by atoms with Crippen LogP contribution in [0.1, 0.15) is 78.2 Å². The molecule has 2 aliphatic carbocycles. The van der Waals surface area contributed by atoms with Gasteiger partial charge in [-0.25, -0.2) is 0 Å². The molecule has 2 aromatic carbocycles. The minimum atomic E-state index is -0.0367. The third-order valence-corrected chi connectivity index (χ3v) is 7.12. The fourth-order valence-corrected chi connectivity index (χ4v) is 5.35. The predicted molar refractivity (Wildman–Crippen MR) is 128 cm³/mol. The van der Waals surface area contributed by atoms with E-state index < -0.39 is 0 Å². The zero-order chi connectivity index (χ0) is 21.9. The number of ether oxygens (including phenoxy) is 1. The van der Waals surface area contributed by atoms with Crippen LogP contribution in [0.25, 0.3) is 10.9 Å². The van der Waals surface area contributed by atoms with Crippen molar-refractivity contribution in [1.29, 1.82) is 0 Å². The average Bonchev–Trinajstić information content (AvgIpc) is 3.22. The lowest BCUT2D eigenvalue weighted by atomic mass is 9.89. The Morgan fingerprint density at radius 3 is 2.62 bits per heavy atom. The molecular weight excluding hydrogens is 398 g/mol. The van der Waals surface area contributed by atoms with Crippen LogP contribution >= 0.6 is 0 Å². The number of aromatic amines is 1. The van der Waals surface area contributed by atoms with Crippen LogP contribution in [0, 0.1) is 0 Å². The average molecular weight is 432 g/mol. The van der Waals surface area contributed by atoms with Crippen LogP contribution < -0.4 is 15.4 Å². The molecule has 1 unspecified atom stereocenters. The maximum absolute atomic E-state index is 12.8. The summed E-state index contributed by atoms with van der Waals surface area (Å²) in [6.07, 6.45) is 10.1. The van der Waals surface area contributed by atoms with Crippen LogP contribution in [0.4, 0.5) is 0 Å². The van der Waals surface area contributed by atoms with E-state index in [0.717, 1.165) is 28.8 Å². The quantitative estimate of drug-likeness (QED) is 0.489. The van der Waals surface area contributed by atoms with Crippen LogP contribution in [0.15, 0.2) is 42.5 Å². The van der Waals surface area contributed by atoms with Crippen molar-refractivity contribution in [3.8, 4) is 5.75 Å². The Hall–Kier alpha value is -2.79. The highest BCUT2D eigenvalue weighted by Crippen LogP contribution is 2.36. The van der Waals surface area contributed by atoms with Crippen LogP contribution in [0.5, 0.6) is 5.75 Å². The van der Waals surface area contributed by atoms with Crippen molar-refractivity contribution < 1.29 is 9.53 Å². The lowest BCUT2D eigenvalue weighted by molar-refractivity contribution is 0.0951. The van der Waals surface area contributed by atoms with Crippen molar-refractivity contribution in [3.63, 3.8) is 0 Å². The van der Waals surface area contributed by atoms with Gasteiger partial charge in [-0.15, -0.1) is 0 Å². The lowest BCUT2D eigenvalue weighted by Crippen LogP contribution is -2.36. The molecular formula is C27H33N3O2. The second kappa shape index (κ2) is 9.37. The van der Waals surface area contributed by atoms with E-state index in [-0.39, 0.29) is 5.91 Å². The summed E-state index contributed by atoms with van der Waals surface area (Å²) >= 11 is 0. The third-order valence-electron chi connectivity index (χ3n) is 7.12. The molecule has 168 valence electrons. The summed E-state index contributed by atoms with van der Waals surface area (Å²) in [4.78, 5) is 16.5. The highest BCUT2D eigenvalue weighted by molar-refractivity contribution is 5.99. The van der Waals surface area contributed by atoms with E-state index in [1.807, 2.05) is 30.3 Å². The number of carbonyl (C=O) groups excluding carboxylic acids is 1. The van der Waals surface area contributed by atoms with E-state index in [1.54, 1.807) is 7.11 Å². The number of H-pyrrole nitrogens is 1. The van der Waals surface area contributed by atoms with Gasteiger partial charge < -0.3 is 20.4 Å². The zero-order valence-corrected chi connectivity index (χ0v) is 18.9. The van der Waals surface area contributed by atoms with E-state index >= 15 is 0 Å². The van der Waals surface area contributed by atoms with Gasteiger partial charge in [0.15, 0.2) is 0 Å². The maximum atomic E-state index is 12.8. The van der Waals surface area contributed by atoms with Crippen molar-refractivity contribution in [2.75, 3.05) is 7.11 Å². The number of nitrogens with one attached hydrogen (secondary N) is 3.